The number of carboxylic acids is 4. The van der Waals surface area contributed by atoms with Crippen LogP contribution in [-0.4, -0.2) is 66.7 Å². The van der Waals surface area contributed by atoms with Gasteiger partial charge in [-0.2, -0.15) is 0 Å². The van der Waals surface area contributed by atoms with Crippen LogP contribution in [-0.2, 0) is 24.0 Å². The number of hydrogen-bond donors (Lipinski definition) is 5. The van der Waals surface area contributed by atoms with Crippen molar-refractivity contribution < 1.29 is 54.6 Å². The minimum Gasteiger partial charge on any atom is -0.481 e. The predicted molar refractivity (Wildman–Crippen MR) is 57.7 cm³/mol. The zero-order valence-electron chi connectivity index (χ0n) is 10.2. The van der Waals surface area contributed by atoms with E-state index in [0.717, 1.165) is 0 Å². The third kappa shape index (κ3) is 11.8. The van der Waals surface area contributed by atoms with E-state index in [-0.39, 0.29) is 0 Å². The van der Waals surface area contributed by atoms with Gasteiger partial charge in [-0.3, -0.25) is 14.4 Å². The average molecular weight is 313 g/mol. The molecule has 0 fully saturated rings. The Balaban J connectivity index is 0. The molecular weight excluding hydrogens is 302 g/mol. The summed E-state index contributed by atoms with van der Waals surface area (Å²) < 4.78 is 0. The van der Waals surface area contributed by atoms with E-state index in [2.05, 4.69) is 4.84 Å². The lowest BCUT2D eigenvalue weighted by Crippen LogP contribution is -2.42. The quantitative estimate of drug-likeness (QED) is 0.243. The Morgan fingerprint density at radius 1 is 0.952 bits per heavy atom. The van der Waals surface area contributed by atoms with Crippen molar-refractivity contribution in [1.29, 1.82) is 0 Å². The van der Waals surface area contributed by atoms with Crippen LogP contribution in [0.2, 0.25) is 0 Å². The van der Waals surface area contributed by atoms with Gasteiger partial charge >= 0.3 is 23.9 Å². The van der Waals surface area contributed by atoms with E-state index in [4.69, 9.17) is 25.5 Å². The fourth-order valence-corrected chi connectivity index (χ4v) is 0.822. The number of hydrogen-bond acceptors (Lipinski definition) is 8. The first-order valence-electron chi connectivity index (χ1n) is 4.79. The first kappa shape index (κ1) is 20.4. The van der Waals surface area contributed by atoms with Crippen molar-refractivity contribution in [2.45, 2.75) is 18.4 Å². The summed E-state index contributed by atoms with van der Waals surface area (Å²) in [4.78, 5) is 52.6. The average Bonchev–Trinajstić information content (AvgIpc) is 2.24. The van der Waals surface area contributed by atoms with Crippen LogP contribution in [0.15, 0.2) is 0 Å². The van der Waals surface area contributed by atoms with E-state index < -0.39 is 54.0 Å². The summed E-state index contributed by atoms with van der Waals surface area (Å²) in [5.41, 5.74) is -2.74. The van der Waals surface area contributed by atoms with E-state index in [1.54, 1.807) is 0 Å². The molecule has 0 rings (SSSR count). The van der Waals surface area contributed by atoms with E-state index in [0.29, 0.717) is 0 Å². The molecule has 0 aromatic carbocycles. The van der Waals surface area contributed by atoms with Gasteiger partial charge in [0.15, 0.2) is 12.2 Å². The van der Waals surface area contributed by atoms with E-state index in [1.807, 2.05) is 0 Å². The van der Waals surface area contributed by atoms with Gasteiger partial charge in [-0.25, -0.2) is 4.79 Å². The molecule has 0 radical (unpaired) electrons. The number of rotatable bonds is 8. The van der Waals surface area contributed by atoms with E-state index in [9.17, 15) is 29.3 Å². The normalized spacial score (nSPS) is 9.76. The van der Waals surface area contributed by atoms with Gasteiger partial charge in [-0.1, -0.05) is 0 Å². The molecule has 0 spiro atoms. The van der Waals surface area contributed by atoms with E-state index >= 15 is 0 Å². The topological polar surface area (TPSA) is 222 Å². The zero-order valence-corrected chi connectivity index (χ0v) is 10.2. The summed E-state index contributed by atoms with van der Waals surface area (Å²) in [5.74, 6) is -6.38. The molecule has 5 N–H and O–H groups in total. The van der Waals surface area contributed by atoms with Crippen molar-refractivity contribution in [1.82, 2.24) is 0 Å². The van der Waals surface area contributed by atoms with Crippen molar-refractivity contribution in [3.8, 4) is 0 Å². The Bertz CT molecular complexity index is 399. The third-order valence-electron chi connectivity index (χ3n) is 1.58. The molecule has 0 heterocycles. The highest BCUT2D eigenvalue weighted by atomic mass is 17.0. The maximum atomic E-state index is 10.3. The lowest BCUT2D eigenvalue weighted by Gasteiger charge is -2.18. The third-order valence-corrected chi connectivity index (χ3v) is 1.58. The monoisotopic (exact) mass is 313 g/mol. The van der Waals surface area contributed by atoms with Gasteiger partial charge in [-0.05, 0) is 0 Å². The minimum absolute atomic E-state index is 0.896. The van der Waals surface area contributed by atoms with E-state index in [1.165, 1.54) is 0 Å². The van der Waals surface area contributed by atoms with Crippen LogP contribution in [0.4, 0.5) is 0 Å². The van der Waals surface area contributed by atoms with Crippen molar-refractivity contribution in [2.24, 2.45) is 0 Å². The molecule has 13 heteroatoms. The van der Waals surface area contributed by atoms with Gasteiger partial charge < -0.3 is 30.4 Å². The first-order valence-corrected chi connectivity index (χ1v) is 4.79. The maximum absolute atomic E-state index is 10.3. The highest BCUT2D eigenvalue weighted by molar-refractivity contribution is 5.88. The smallest absolute Gasteiger partial charge is 0.336 e. The van der Waals surface area contributed by atoms with Gasteiger partial charge in [0.05, 0.1) is 12.8 Å². The van der Waals surface area contributed by atoms with Crippen LogP contribution in [0.25, 0.3) is 0 Å². The number of aliphatic carboxylic acids is 4. The molecule has 0 bridgehead atoms. The summed E-state index contributed by atoms with van der Waals surface area (Å²) in [5, 5.41) is 49.6. The molecule has 0 atom stereocenters. The second kappa shape index (κ2) is 9.03. The summed E-state index contributed by atoms with van der Waals surface area (Å²) in [6.45, 7) is -0.896. The van der Waals surface area contributed by atoms with Crippen molar-refractivity contribution in [3.05, 3.63) is 10.1 Å². The molecule has 120 valence electrons. The molecule has 21 heavy (non-hydrogen) atoms. The van der Waals surface area contributed by atoms with Crippen molar-refractivity contribution in [3.63, 3.8) is 0 Å². The molecule has 0 aliphatic rings. The number of carboxylic acid groups (broad SMARTS) is 4. The Morgan fingerprint density at radius 3 is 1.48 bits per heavy atom. The zero-order chi connectivity index (χ0) is 17.2. The molecule has 0 saturated heterocycles. The van der Waals surface area contributed by atoms with Crippen LogP contribution < -0.4 is 0 Å². The molecule has 0 saturated carbocycles. The Hall–Kier alpha value is -2.96. The Labute approximate surface area is 115 Å². The largest absolute Gasteiger partial charge is 0.481 e. The van der Waals surface area contributed by atoms with Gasteiger partial charge in [0, 0.05) is 0 Å². The van der Waals surface area contributed by atoms with Gasteiger partial charge in [-0.15, -0.1) is 10.1 Å². The highest BCUT2D eigenvalue weighted by Gasteiger charge is 2.40. The highest BCUT2D eigenvalue weighted by Crippen LogP contribution is 2.15. The maximum Gasteiger partial charge on any atom is 0.336 e. The van der Waals surface area contributed by atoms with Crippen LogP contribution in [0, 0.1) is 10.1 Å². The van der Waals surface area contributed by atoms with Crippen LogP contribution in [0.1, 0.15) is 12.8 Å². The van der Waals surface area contributed by atoms with Crippen molar-refractivity contribution >= 4 is 23.9 Å². The minimum atomic E-state index is -2.74. The summed E-state index contributed by atoms with van der Waals surface area (Å²) in [7, 11) is 0. The molecular formula is C8H11NO12. The number of nitrogens with zero attached hydrogens (tertiary/aromatic N) is 1. The molecule has 0 unspecified atom stereocenters. The number of aliphatic hydroxyl groups is 1. The molecule has 13 nitrogen and oxygen atoms in total. The fourth-order valence-electron chi connectivity index (χ4n) is 0.822. The lowest BCUT2D eigenvalue weighted by molar-refractivity contribution is -0.754. The molecule has 0 amide bonds. The summed E-state index contributed by atoms with van der Waals surface area (Å²) >= 11 is 0. The lowest BCUT2D eigenvalue weighted by atomic mass is 9.96. The molecule has 0 aliphatic heterocycles. The van der Waals surface area contributed by atoms with Gasteiger partial charge in [0.1, 0.15) is 0 Å². The molecule has 0 aromatic heterocycles. The van der Waals surface area contributed by atoms with Gasteiger partial charge in [0.25, 0.3) is 5.09 Å². The van der Waals surface area contributed by atoms with Crippen LogP contribution >= 0.6 is 0 Å². The molecule has 0 aliphatic carbocycles. The molecule has 0 aromatic rings. The predicted octanol–water partition coefficient (Wildman–Crippen LogP) is -1.97. The summed E-state index contributed by atoms with van der Waals surface area (Å²) in [6, 6.07) is 0. The SMILES string of the molecule is O=C(O)CC(O)(CC(=O)O)C(=O)O.O=C(O)CO[N+](=O)[O-]. The summed E-state index contributed by atoms with van der Waals surface area (Å²) in [6.07, 6.45) is -2.29. The second-order valence-corrected chi connectivity index (χ2v) is 3.37. The standard InChI is InChI=1S/C6H8O7.C2H3NO5/c7-3(8)1-6(13,5(11)12)2-4(9)10;4-2(5)1-8-3(6)7/h13H,1-2H2,(H,7,8)(H,9,10)(H,11,12);1H2,(H,4,5). The van der Waals surface area contributed by atoms with Gasteiger partial charge in [0.2, 0.25) is 0 Å². The van der Waals surface area contributed by atoms with Crippen molar-refractivity contribution in [2.75, 3.05) is 6.61 Å². The van der Waals surface area contributed by atoms with Crippen LogP contribution in [0.3, 0.4) is 0 Å². The number of carbonyl (C=O) groups is 4. The van der Waals surface area contributed by atoms with Crippen LogP contribution in [0.5, 0.6) is 0 Å². The Kier molecular flexibility index (Phi) is 8.75. The first-order chi connectivity index (χ1) is 9.40. The Morgan fingerprint density at radius 2 is 1.33 bits per heavy atom. The second-order valence-electron chi connectivity index (χ2n) is 3.37. The fraction of sp³-hybridized carbons (Fsp3) is 0.500.